The summed E-state index contributed by atoms with van der Waals surface area (Å²) in [6.45, 7) is 6.74. The average Bonchev–Trinajstić information content (AvgIpc) is 2.77. The molecule has 4 rings (SSSR count). The van der Waals surface area contributed by atoms with Crippen LogP contribution in [-0.2, 0) is 0 Å². The van der Waals surface area contributed by atoms with Crippen LogP contribution in [0.5, 0.6) is 0 Å². The fourth-order valence-electron chi connectivity index (χ4n) is 3.43. The molecule has 2 N–H and O–H groups in total. The summed E-state index contributed by atoms with van der Waals surface area (Å²) in [5.41, 5.74) is 3.97. The Kier molecular flexibility index (Phi) is 5.74. The lowest BCUT2D eigenvalue weighted by Gasteiger charge is -2.35. The first-order valence-electron chi connectivity index (χ1n) is 9.97. The van der Waals surface area contributed by atoms with E-state index < -0.39 is 0 Å². The van der Waals surface area contributed by atoms with Gasteiger partial charge < -0.3 is 20.4 Å². The van der Waals surface area contributed by atoms with E-state index >= 15 is 0 Å². The zero-order chi connectivity index (χ0) is 20.9. The number of benzene rings is 1. The van der Waals surface area contributed by atoms with Crippen LogP contribution in [0.25, 0.3) is 0 Å². The maximum Gasteiger partial charge on any atom is 0.321 e. The van der Waals surface area contributed by atoms with Gasteiger partial charge in [-0.05, 0) is 49.7 Å². The summed E-state index contributed by atoms with van der Waals surface area (Å²) >= 11 is 0. The van der Waals surface area contributed by atoms with Gasteiger partial charge in [0.1, 0.15) is 0 Å². The summed E-state index contributed by atoms with van der Waals surface area (Å²) in [4.78, 5) is 20.7. The van der Waals surface area contributed by atoms with E-state index in [9.17, 15) is 4.79 Å². The monoisotopic (exact) mass is 403 g/mol. The van der Waals surface area contributed by atoms with Crippen LogP contribution in [0, 0.1) is 13.8 Å². The minimum absolute atomic E-state index is 0.0660. The summed E-state index contributed by atoms with van der Waals surface area (Å²) in [7, 11) is 0. The average molecular weight is 403 g/mol. The topological polar surface area (TPSA) is 86.3 Å². The Morgan fingerprint density at radius 1 is 1.00 bits per heavy atom. The maximum absolute atomic E-state index is 12.6. The molecule has 8 nitrogen and oxygen atoms in total. The second-order valence-corrected chi connectivity index (χ2v) is 7.37. The van der Waals surface area contributed by atoms with Crippen molar-refractivity contribution in [2.24, 2.45) is 0 Å². The molecule has 3 heterocycles. The third-order valence-electron chi connectivity index (χ3n) is 5.10. The fourth-order valence-corrected chi connectivity index (χ4v) is 3.43. The SMILES string of the molecule is Cc1ccc(NC(=O)N2CCN(c3ccc(Nc4cccnc4)nn3)CC2)c(C)c1. The minimum atomic E-state index is -0.0660. The van der Waals surface area contributed by atoms with Crippen LogP contribution in [0.2, 0.25) is 0 Å². The van der Waals surface area contributed by atoms with Gasteiger partial charge in [-0.25, -0.2) is 4.79 Å². The number of aryl methyl sites for hydroxylation is 2. The molecule has 2 aromatic heterocycles. The highest BCUT2D eigenvalue weighted by Gasteiger charge is 2.22. The molecule has 8 heteroatoms. The van der Waals surface area contributed by atoms with Crippen molar-refractivity contribution in [1.29, 1.82) is 0 Å². The molecule has 0 unspecified atom stereocenters. The molecule has 1 aliphatic heterocycles. The number of pyridine rings is 1. The van der Waals surface area contributed by atoms with E-state index in [1.54, 1.807) is 12.4 Å². The standard InChI is InChI=1S/C22H25N7O/c1-16-5-6-19(17(2)14-16)25-22(30)29-12-10-28(11-13-29)21-8-7-20(26-27-21)24-18-4-3-9-23-15-18/h3-9,14-15H,10-13H2,1-2H3,(H,24,26)(H,25,30). The van der Waals surface area contributed by atoms with E-state index in [1.165, 1.54) is 5.56 Å². The number of nitrogens with zero attached hydrogens (tertiary/aromatic N) is 5. The van der Waals surface area contributed by atoms with Crippen molar-refractivity contribution in [3.8, 4) is 0 Å². The Morgan fingerprint density at radius 3 is 2.50 bits per heavy atom. The molecule has 1 aliphatic rings. The largest absolute Gasteiger partial charge is 0.352 e. The molecule has 0 bridgehead atoms. The second-order valence-electron chi connectivity index (χ2n) is 7.37. The highest BCUT2D eigenvalue weighted by molar-refractivity contribution is 5.90. The lowest BCUT2D eigenvalue weighted by molar-refractivity contribution is 0.208. The first kappa shape index (κ1) is 19.6. The van der Waals surface area contributed by atoms with Gasteiger partial charge in [-0.2, -0.15) is 0 Å². The molecule has 1 fully saturated rings. The Hall–Kier alpha value is -3.68. The maximum atomic E-state index is 12.6. The summed E-state index contributed by atoms with van der Waals surface area (Å²) in [5.74, 6) is 1.47. The summed E-state index contributed by atoms with van der Waals surface area (Å²) in [6, 6.07) is 13.6. The normalized spacial score (nSPS) is 13.8. The van der Waals surface area contributed by atoms with Crippen molar-refractivity contribution in [3.05, 3.63) is 66.0 Å². The Balaban J connectivity index is 1.31. The Morgan fingerprint density at radius 2 is 1.83 bits per heavy atom. The van der Waals surface area contributed by atoms with Gasteiger partial charge in [0.2, 0.25) is 0 Å². The van der Waals surface area contributed by atoms with E-state index in [2.05, 4.69) is 36.8 Å². The predicted molar refractivity (Wildman–Crippen MR) is 118 cm³/mol. The van der Waals surface area contributed by atoms with Crippen molar-refractivity contribution < 1.29 is 4.79 Å². The molecule has 0 radical (unpaired) electrons. The number of carbonyl (C=O) groups is 1. The smallest absolute Gasteiger partial charge is 0.321 e. The van der Waals surface area contributed by atoms with E-state index in [-0.39, 0.29) is 6.03 Å². The predicted octanol–water partition coefficient (Wildman–Crippen LogP) is 3.59. The highest BCUT2D eigenvalue weighted by Crippen LogP contribution is 2.19. The van der Waals surface area contributed by atoms with Gasteiger partial charge in [-0.15, -0.1) is 10.2 Å². The van der Waals surface area contributed by atoms with Crippen molar-refractivity contribution in [1.82, 2.24) is 20.1 Å². The molecule has 0 atom stereocenters. The van der Waals surface area contributed by atoms with E-state index in [0.29, 0.717) is 32.0 Å². The number of aromatic nitrogens is 3. The molecule has 1 aromatic carbocycles. The molecule has 1 saturated heterocycles. The third-order valence-corrected chi connectivity index (χ3v) is 5.10. The molecule has 0 aliphatic carbocycles. The zero-order valence-corrected chi connectivity index (χ0v) is 17.2. The number of hydrogen-bond donors (Lipinski definition) is 2. The molecule has 154 valence electrons. The first-order valence-corrected chi connectivity index (χ1v) is 9.97. The van der Waals surface area contributed by atoms with Crippen LogP contribution < -0.4 is 15.5 Å². The van der Waals surface area contributed by atoms with Crippen molar-refractivity contribution >= 4 is 29.0 Å². The number of anilines is 4. The molecular formula is C22H25N7O. The summed E-state index contributed by atoms with van der Waals surface area (Å²) in [5, 5.41) is 14.8. The van der Waals surface area contributed by atoms with Crippen LogP contribution in [0.15, 0.2) is 54.9 Å². The minimum Gasteiger partial charge on any atom is -0.352 e. The molecular weight excluding hydrogens is 378 g/mol. The number of carbonyl (C=O) groups excluding carboxylic acids is 1. The van der Waals surface area contributed by atoms with Gasteiger partial charge in [0, 0.05) is 38.1 Å². The number of piperazine rings is 1. The lowest BCUT2D eigenvalue weighted by atomic mass is 10.1. The van der Waals surface area contributed by atoms with E-state index in [0.717, 1.165) is 22.8 Å². The number of hydrogen-bond acceptors (Lipinski definition) is 6. The Labute approximate surface area is 176 Å². The van der Waals surface area contributed by atoms with Gasteiger partial charge >= 0.3 is 6.03 Å². The highest BCUT2D eigenvalue weighted by atomic mass is 16.2. The van der Waals surface area contributed by atoms with Gasteiger partial charge in [-0.3, -0.25) is 4.98 Å². The van der Waals surface area contributed by atoms with Crippen LogP contribution in [0.1, 0.15) is 11.1 Å². The molecule has 30 heavy (non-hydrogen) atoms. The number of nitrogens with one attached hydrogen (secondary N) is 2. The molecule has 0 spiro atoms. The first-order chi connectivity index (χ1) is 14.6. The van der Waals surface area contributed by atoms with Gasteiger partial charge in [0.25, 0.3) is 0 Å². The summed E-state index contributed by atoms with van der Waals surface area (Å²) < 4.78 is 0. The van der Waals surface area contributed by atoms with E-state index in [1.807, 2.05) is 55.1 Å². The van der Waals surface area contributed by atoms with Crippen molar-refractivity contribution in [3.63, 3.8) is 0 Å². The van der Waals surface area contributed by atoms with Gasteiger partial charge in [0.05, 0.1) is 11.9 Å². The zero-order valence-electron chi connectivity index (χ0n) is 17.2. The number of urea groups is 1. The molecule has 3 aromatic rings. The quantitative estimate of drug-likeness (QED) is 0.692. The van der Waals surface area contributed by atoms with Crippen LogP contribution in [0.3, 0.4) is 0 Å². The van der Waals surface area contributed by atoms with Crippen LogP contribution >= 0.6 is 0 Å². The third kappa shape index (κ3) is 4.65. The fraction of sp³-hybridized carbons (Fsp3) is 0.273. The summed E-state index contributed by atoms with van der Waals surface area (Å²) in [6.07, 6.45) is 3.46. The molecule has 0 saturated carbocycles. The second kappa shape index (κ2) is 8.77. The number of amides is 2. The van der Waals surface area contributed by atoms with Crippen molar-refractivity contribution in [2.45, 2.75) is 13.8 Å². The van der Waals surface area contributed by atoms with E-state index in [4.69, 9.17) is 0 Å². The van der Waals surface area contributed by atoms with Crippen LogP contribution in [-0.4, -0.2) is 52.3 Å². The van der Waals surface area contributed by atoms with Gasteiger partial charge in [-0.1, -0.05) is 17.7 Å². The van der Waals surface area contributed by atoms with Crippen LogP contribution in [0.4, 0.5) is 27.8 Å². The molecule has 2 amide bonds. The van der Waals surface area contributed by atoms with Crippen molar-refractivity contribution in [2.75, 3.05) is 41.7 Å². The van der Waals surface area contributed by atoms with Gasteiger partial charge in [0.15, 0.2) is 11.6 Å². The number of rotatable bonds is 4. The lowest BCUT2D eigenvalue weighted by Crippen LogP contribution is -2.50. The Bertz CT molecular complexity index is 1000.